The molecule has 36 heavy (non-hydrogen) atoms. The second-order valence-corrected chi connectivity index (χ2v) is 8.53. The topological polar surface area (TPSA) is 67.8 Å². The summed E-state index contributed by atoms with van der Waals surface area (Å²) in [6.07, 6.45) is -3.78. The number of alkyl halides is 3. The van der Waals surface area contributed by atoms with Gasteiger partial charge in [0.05, 0.1) is 5.56 Å². The quantitative estimate of drug-likeness (QED) is 0.244. The second kappa shape index (κ2) is 11.5. The molecule has 0 aliphatic rings. The Bertz CT molecular complexity index is 1300. The number of phenols is 1. The van der Waals surface area contributed by atoms with Crippen LogP contribution in [0.3, 0.4) is 0 Å². The van der Waals surface area contributed by atoms with E-state index in [0.29, 0.717) is 34.0 Å². The van der Waals surface area contributed by atoms with Gasteiger partial charge in [-0.25, -0.2) is 0 Å². The van der Waals surface area contributed by atoms with Gasteiger partial charge in [0.15, 0.2) is 0 Å². The molecule has 3 N–H and O–H groups in total. The van der Waals surface area contributed by atoms with Gasteiger partial charge in [-0.2, -0.15) is 13.2 Å². The molecular weight excluding hydrogens is 489 g/mol. The van der Waals surface area contributed by atoms with Gasteiger partial charge in [0.25, 0.3) is 0 Å². The lowest BCUT2D eigenvalue weighted by Gasteiger charge is -2.19. The van der Waals surface area contributed by atoms with Gasteiger partial charge in [-0.3, -0.25) is 4.99 Å². The molecule has 0 saturated carbocycles. The van der Waals surface area contributed by atoms with Crippen LogP contribution in [0.1, 0.15) is 23.6 Å². The average molecular weight is 515 g/mol. The minimum Gasteiger partial charge on any atom is -0.507 e. The number of aromatic hydroxyl groups is 1. The highest BCUT2D eigenvalue weighted by molar-refractivity contribution is 6.30. The van der Waals surface area contributed by atoms with Crippen LogP contribution in [0, 0.1) is 0 Å². The van der Waals surface area contributed by atoms with Crippen LogP contribution in [0.4, 0.5) is 13.2 Å². The van der Waals surface area contributed by atoms with Crippen LogP contribution in [0.5, 0.6) is 11.5 Å². The molecular formula is C28H26ClF3N2O2. The largest absolute Gasteiger partial charge is 0.507 e. The highest BCUT2D eigenvalue weighted by Crippen LogP contribution is 2.44. The van der Waals surface area contributed by atoms with Gasteiger partial charge in [-0.15, -0.1) is 0 Å². The zero-order chi connectivity index (χ0) is 26.5. The van der Waals surface area contributed by atoms with Crippen LogP contribution in [0.25, 0.3) is 16.7 Å². The van der Waals surface area contributed by atoms with Crippen molar-refractivity contribution in [1.29, 1.82) is 0 Å². The number of nitrogens with two attached hydrogens (primary N) is 1. The third-order valence-electron chi connectivity index (χ3n) is 5.49. The summed E-state index contributed by atoms with van der Waals surface area (Å²) >= 11 is 5.95. The first kappa shape index (κ1) is 27.0. The van der Waals surface area contributed by atoms with Gasteiger partial charge in [0.1, 0.15) is 23.8 Å². The van der Waals surface area contributed by atoms with Crippen LogP contribution < -0.4 is 10.5 Å². The Morgan fingerprint density at radius 1 is 1.06 bits per heavy atom. The van der Waals surface area contributed by atoms with E-state index < -0.39 is 11.9 Å². The number of aliphatic imine (C=N–C) groups is 1. The summed E-state index contributed by atoms with van der Waals surface area (Å²) in [5.74, 6) is 0.115. The lowest BCUT2D eigenvalue weighted by Crippen LogP contribution is -2.21. The van der Waals surface area contributed by atoms with Gasteiger partial charge in [-0.1, -0.05) is 60.2 Å². The van der Waals surface area contributed by atoms with Crippen LogP contribution in [-0.4, -0.2) is 24.0 Å². The normalized spacial score (nSPS) is 12.5. The summed E-state index contributed by atoms with van der Waals surface area (Å²) in [6.45, 7) is 5.91. The van der Waals surface area contributed by atoms with Crippen molar-refractivity contribution in [3.8, 4) is 22.6 Å². The summed E-state index contributed by atoms with van der Waals surface area (Å²) < 4.78 is 46.3. The number of nitrogens with zero attached hydrogens (tertiary/aromatic N) is 1. The smallest absolute Gasteiger partial charge is 0.432 e. The van der Waals surface area contributed by atoms with Crippen molar-refractivity contribution < 1.29 is 23.0 Å². The summed E-state index contributed by atoms with van der Waals surface area (Å²) in [4.78, 5) is 3.37. The van der Waals surface area contributed by atoms with Crippen molar-refractivity contribution >= 4 is 22.9 Å². The van der Waals surface area contributed by atoms with E-state index in [2.05, 4.69) is 11.6 Å². The van der Waals surface area contributed by atoms with Crippen LogP contribution >= 0.6 is 11.6 Å². The Labute approximate surface area is 213 Å². The van der Waals surface area contributed by atoms with Gasteiger partial charge >= 0.3 is 6.18 Å². The van der Waals surface area contributed by atoms with E-state index in [9.17, 15) is 18.3 Å². The molecule has 4 nitrogen and oxygen atoms in total. The Balaban J connectivity index is 2.15. The predicted octanol–water partition coefficient (Wildman–Crippen LogP) is 7.34. The third kappa shape index (κ3) is 6.36. The SMILES string of the molecule is C=C(C)/C(=C\C(=NC)C(F)(F)F)c1ccc(OCc2ccc(Cl)cc2)c(-c2ccc(CN)cc2)c1O. The maximum atomic E-state index is 13.4. The van der Waals surface area contributed by atoms with Crippen molar-refractivity contribution in [1.82, 2.24) is 0 Å². The Morgan fingerprint density at radius 3 is 2.19 bits per heavy atom. The molecule has 0 aliphatic heterocycles. The average Bonchev–Trinajstić information content (AvgIpc) is 2.84. The standard InChI is InChI=1S/C28H26ClF3N2O2/c1-17(2)23(14-25(34-3)28(30,31)32)22-12-13-24(36-16-19-6-10-21(29)11-7-19)26(27(22)35)20-8-4-18(15-33)5-9-20/h4-14,35H,1,15-16,33H2,2-3H3/b23-14+,34-25?. The maximum absolute atomic E-state index is 13.4. The lowest BCUT2D eigenvalue weighted by molar-refractivity contribution is -0.0577. The molecule has 0 amide bonds. The minimum atomic E-state index is -4.66. The molecule has 3 rings (SSSR count). The molecule has 3 aromatic rings. The van der Waals surface area contributed by atoms with Gasteiger partial charge in [0.2, 0.25) is 0 Å². The van der Waals surface area contributed by atoms with Crippen molar-refractivity contribution in [3.63, 3.8) is 0 Å². The fraction of sp³-hybridized carbons (Fsp3) is 0.179. The van der Waals surface area contributed by atoms with Crippen LogP contribution in [0.15, 0.2) is 83.9 Å². The fourth-order valence-corrected chi connectivity index (χ4v) is 3.71. The van der Waals surface area contributed by atoms with E-state index in [-0.39, 0.29) is 23.5 Å². The molecule has 8 heteroatoms. The first-order valence-electron chi connectivity index (χ1n) is 11.0. The predicted molar refractivity (Wildman–Crippen MR) is 139 cm³/mol. The number of hydrogen-bond acceptors (Lipinski definition) is 4. The van der Waals surface area contributed by atoms with Crippen molar-refractivity contribution in [2.45, 2.75) is 26.3 Å². The first-order chi connectivity index (χ1) is 17.0. The monoisotopic (exact) mass is 514 g/mol. The van der Waals surface area contributed by atoms with Crippen LogP contribution in [-0.2, 0) is 13.2 Å². The van der Waals surface area contributed by atoms with E-state index in [1.807, 2.05) is 24.3 Å². The molecule has 0 unspecified atom stereocenters. The third-order valence-corrected chi connectivity index (χ3v) is 5.74. The number of rotatable bonds is 8. The molecule has 188 valence electrons. The minimum absolute atomic E-state index is 0.106. The Morgan fingerprint density at radius 2 is 1.67 bits per heavy atom. The summed E-state index contributed by atoms with van der Waals surface area (Å²) in [5.41, 5.74) is 7.91. The van der Waals surface area contributed by atoms with Gasteiger partial charge in [-0.05, 0) is 59.5 Å². The highest BCUT2D eigenvalue weighted by atomic mass is 35.5. The number of phenolic OH excluding ortho intramolecular Hbond substituents is 1. The van der Waals surface area contributed by atoms with Crippen molar-refractivity contribution in [3.05, 3.63) is 101 Å². The number of benzene rings is 3. The van der Waals surface area contributed by atoms with E-state index in [4.69, 9.17) is 22.1 Å². The second-order valence-electron chi connectivity index (χ2n) is 8.10. The summed E-state index contributed by atoms with van der Waals surface area (Å²) in [5, 5.41) is 12.0. The van der Waals surface area contributed by atoms with Crippen molar-refractivity contribution in [2.24, 2.45) is 10.7 Å². The highest BCUT2D eigenvalue weighted by Gasteiger charge is 2.34. The summed E-state index contributed by atoms with van der Waals surface area (Å²) in [7, 11) is 1.06. The molecule has 0 atom stereocenters. The van der Waals surface area contributed by atoms with E-state index in [0.717, 1.165) is 24.3 Å². The molecule has 0 saturated heterocycles. The molecule has 0 bridgehead atoms. The first-order valence-corrected chi connectivity index (χ1v) is 11.4. The number of ether oxygens (including phenoxy) is 1. The van der Waals surface area contributed by atoms with Gasteiger partial charge in [0, 0.05) is 24.2 Å². The molecule has 0 aromatic heterocycles. The molecule has 3 aromatic carbocycles. The number of halogens is 4. The zero-order valence-electron chi connectivity index (χ0n) is 19.9. The Kier molecular flexibility index (Phi) is 8.61. The lowest BCUT2D eigenvalue weighted by atomic mass is 9.92. The van der Waals surface area contributed by atoms with Gasteiger partial charge < -0.3 is 15.6 Å². The van der Waals surface area contributed by atoms with Crippen LogP contribution in [0.2, 0.25) is 5.02 Å². The van der Waals surface area contributed by atoms with E-state index >= 15 is 0 Å². The Hall–Kier alpha value is -3.55. The zero-order valence-corrected chi connectivity index (χ0v) is 20.6. The maximum Gasteiger partial charge on any atom is 0.432 e. The molecule has 0 aliphatic carbocycles. The number of allylic oxidation sites excluding steroid dienone is 3. The number of hydrogen-bond donors (Lipinski definition) is 2. The molecule has 0 radical (unpaired) electrons. The van der Waals surface area contributed by atoms with E-state index in [1.165, 1.54) is 6.07 Å². The summed E-state index contributed by atoms with van der Waals surface area (Å²) in [6, 6.07) is 17.4. The van der Waals surface area contributed by atoms with Crippen molar-refractivity contribution in [2.75, 3.05) is 7.05 Å². The van der Waals surface area contributed by atoms with E-state index in [1.54, 1.807) is 37.3 Å². The fourth-order valence-electron chi connectivity index (χ4n) is 3.58. The molecule has 0 fully saturated rings. The molecule has 0 heterocycles. The molecule has 0 spiro atoms.